The molecule has 250 valence electrons. The third-order valence-electron chi connectivity index (χ3n) is 7.06. The minimum Gasteiger partial charge on any atom is -0.494 e. The van der Waals surface area contributed by atoms with Gasteiger partial charge in [0.1, 0.15) is 11.5 Å². The lowest BCUT2D eigenvalue weighted by Gasteiger charge is -2.39. The van der Waals surface area contributed by atoms with Crippen molar-refractivity contribution in [3.63, 3.8) is 0 Å². The highest BCUT2D eigenvalue weighted by Crippen LogP contribution is 2.36. The molecule has 2 N–H and O–H groups in total. The fraction of sp³-hybridized carbons (Fsp3) is 0.464. The molecule has 17 heteroatoms. The van der Waals surface area contributed by atoms with Gasteiger partial charge in [-0.15, -0.1) is 25.6 Å². The second-order valence-electron chi connectivity index (χ2n) is 9.78. The Morgan fingerprint density at radius 3 is 2.27 bits per heavy atom. The molecule has 0 aliphatic carbocycles. The van der Waals surface area contributed by atoms with E-state index in [2.05, 4.69) is 14.9 Å². The number of piperidine rings is 1. The number of hydrogen-bond acceptors (Lipinski definition) is 11. The van der Waals surface area contributed by atoms with Crippen molar-refractivity contribution in [2.45, 2.75) is 49.1 Å². The van der Waals surface area contributed by atoms with E-state index in [0.717, 1.165) is 12.1 Å². The Labute approximate surface area is 265 Å². The van der Waals surface area contributed by atoms with Gasteiger partial charge in [-0.3, -0.25) is 10.0 Å². The molecular formula is C28H36ClF3N4O8S. The minimum atomic E-state index is -4.79. The number of carbonyl (C=O) groups is 1. The molecule has 0 radical (unpaired) electrons. The molecule has 1 amide bonds. The lowest BCUT2D eigenvalue weighted by atomic mass is 9.95. The fourth-order valence-corrected chi connectivity index (χ4v) is 6.67. The first kappa shape index (κ1) is 37.7. The fourth-order valence-electron chi connectivity index (χ4n) is 4.71. The number of hydrogen-bond donors (Lipinski definition) is 2. The van der Waals surface area contributed by atoms with Gasteiger partial charge in [-0.2, -0.15) is 4.98 Å². The number of nitrogens with one attached hydrogen (secondary N) is 1. The summed E-state index contributed by atoms with van der Waals surface area (Å²) in [4.78, 5) is 18.8. The Hall–Kier alpha value is -3.44. The Kier molecular flexibility index (Phi) is 13.6. The van der Waals surface area contributed by atoms with Crippen LogP contribution in [0.4, 0.5) is 13.2 Å². The molecule has 1 aliphatic heterocycles. The summed E-state index contributed by atoms with van der Waals surface area (Å²) in [5.41, 5.74) is 1.99. The molecule has 1 saturated heterocycles. The smallest absolute Gasteiger partial charge is 0.494 e. The average molecular weight is 681 g/mol. The van der Waals surface area contributed by atoms with Crippen LogP contribution in [0.1, 0.15) is 32.6 Å². The summed E-state index contributed by atoms with van der Waals surface area (Å²) in [7, 11) is -2.59. The number of rotatable bonds is 13. The van der Waals surface area contributed by atoms with Gasteiger partial charge in [0.05, 0.1) is 18.1 Å². The number of likely N-dealkylation sites (tertiary alicyclic amines) is 1. The van der Waals surface area contributed by atoms with E-state index in [1.54, 1.807) is 12.6 Å². The summed E-state index contributed by atoms with van der Waals surface area (Å²) in [6.07, 6.45) is -3.93. The first-order valence-corrected chi connectivity index (χ1v) is 14.8. The second-order valence-corrected chi connectivity index (χ2v) is 12.0. The number of amides is 1. The third-order valence-corrected chi connectivity index (χ3v) is 9.57. The van der Waals surface area contributed by atoms with E-state index in [9.17, 15) is 31.6 Å². The minimum absolute atomic E-state index is 0. The summed E-state index contributed by atoms with van der Waals surface area (Å²) in [6, 6.07) is 10.8. The molecular weight excluding hydrogens is 645 g/mol. The largest absolute Gasteiger partial charge is 0.573 e. The average Bonchev–Trinajstić information content (AvgIpc) is 3.47. The van der Waals surface area contributed by atoms with Crippen molar-refractivity contribution in [2.75, 3.05) is 40.0 Å². The Bertz CT molecular complexity index is 1460. The van der Waals surface area contributed by atoms with Crippen molar-refractivity contribution in [3.05, 3.63) is 54.4 Å². The van der Waals surface area contributed by atoms with Gasteiger partial charge < -0.3 is 23.6 Å². The van der Waals surface area contributed by atoms with Crippen LogP contribution >= 0.6 is 12.4 Å². The molecule has 0 spiro atoms. The number of nitrogens with zero attached hydrogens (tertiary/aromatic N) is 3. The number of aromatic nitrogens is 2. The van der Waals surface area contributed by atoms with Crippen LogP contribution in [0.5, 0.6) is 11.5 Å². The second kappa shape index (κ2) is 16.2. The highest BCUT2D eigenvalue weighted by molar-refractivity contribution is 7.93. The zero-order valence-corrected chi connectivity index (χ0v) is 25.2. The van der Waals surface area contributed by atoms with Crippen molar-refractivity contribution in [1.82, 2.24) is 20.5 Å². The van der Waals surface area contributed by atoms with Gasteiger partial charge in [-0.1, -0.05) is 12.6 Å². The molecule has 2 aromatic carbocycles. The maximum atomic E-state index is 13.6. The topological polar surface area (TPSA) is 153 Å². The highest BCUT2D eigenvalue weighted by atomic mass is 35.5. The standard InChI is InChI=1S/C27H31F3N4O8S.CH4.ClH/c1-39-18-16-34-14-12-26(13-15-34,25(35)32-36)43(37,38)22-10-8-20(9-11-22)40-17-2-3-23-31-24(33-42-23)19-4-6-21(7-5-19)41-27(28,29)30;;/h4-11,36H,2-3,12-18H2,1H3,(H,32,35);1H4;1H. The van der Waals surface area contributed by atoms with E-state index < -0.39 is 26.9 Å². The number of alkyl halides is 3. The van der Waals surface area contributed by atoms with E-state index >= 15 is 0 Å². The summed E-state index contributed by atoms with van der Waals surface area (Å²) in [5.74, 6) is -0.412. The van der Waals surface area contributed by atoms with Gasteiger partial charge in [0.25, 0.3) is 5.91 Å². The van der Waals surface area contributed by atoms with E-state index in [-0.39, 0.29) is 55.8 Å². The highest BCUT2D eigenvalue weighted by Gasteiger charge is 2.52. The summed E-state index contributed by atoms with van der Waals surface area (Å²) < 4.78 is 82.2. The lowest BCUT2D eigenvalue weighted by molar-refractivity contribution is -0.274. The summed E-state index contributed by atoms with van der Waals surface area (Å²) in [5, 5.41) is 13.2. The van der Waals surface area contributed by atoms with Gasteiger partial charge in [0, 0.05) is 38.7 Å². The van der Waals surface area contributed by atoms with Crippen LogP contribution in [-0.2, 0) is 25.8 Å². The number of aryl methyl sites for hydroxylation is 1. The molecule has 2 heterocycles. The van der Waals surface area contributed by atoms with Gasteiger partial charge in [0.15, 0.2) is 14.6 Å². The predicted octanol–water partition coefficient (Wildman–Crippen LogP) is 4.46. The van der Waals surface area contributed by atoms with E-state index in [1.807, 2.05) is 4.90 Å². The number of ether oxygens (including phenoxy) is 3. The van der Waals surface area contributed by atoms with E-state index in [0.29, 0.717) is 56.3 Å². The molecule has 3 aromatic rings. The maximum Gasteiger partial charge on any atom is 0.573 e. The van der Waals surface area contributed by atoms with Gasteiger partial charge >= 0.3 is 6.36 Å². The van der Waals surface area contributed by atoms with Crippen LogP contribution in [0, 0.1) is 0 Å². The molecule has 1 aromatic heterocycles. The number of hydroxylamine groups is 1. The Morgan fingerprint density at radius 1 is 1.07 bits per heavy atom. The van der Waals surface area contributed by atoms with Crippen LogP contribution < -0.4 is 15.0 Å². The van der Waals surface area contributed by atoms with E-state index in [4.69, 9.17) is 14.0 Å². The van der Waals surface area contributed by atoms with Crippen molar-refractivity contribution in [1.29, 1.82) is 0 Å². The Morgan fingerprint density at radius 2 is 1.69 bits per heavy atom. The lowest BCUT2D eigenvalue weighted by Crippen LogP contribution is -2.57. The van der Waals surface area contributed by atoms with Gasteiger partial charge in [-0.25, -0.2) is 13.9 Å². The molecule has 12 nitrogen and oxygen atoms in total. The van der Waals surface area contributed by atoms with Crippen molar-refractivity contribution in [2.24, 2.45) is 0 Å². The SMILES string of the molecule is C.COCCN1CCC(C(=O)NO)(S(=O)(=O)c2ccc(OCCCc3nc(-c4ccc(OC(F)(F)F)cc4)no3)cc2)CC1.Cl. The van der Waals surface area contributed by atoms with Gasteiger partial charge in [0.2, 0.25) is 11.7 Å². The molecule has 0 unspecified atom stereocenters. The number of methoxy groups -OCH3 is 1. The molecule has 0 atom stereocenters. The van der Waals surface area contributed by atoms with Crippen molar-refractivity contribution < 1.29 is 50.3 Å². The Balaban J connectivity index is 0.00000353. The first-order valence-electron chi connectivity index (χ1n) is 13.3. The molecule has 4 rings (SSSR count). The zero-order chi connectivity index (χ0) is 31.1. The van der Waals surface area contributed by atoms with Gasteiger partial charge in [-0.05, 0) is 67.8 Å². The van der Waals surface area contributed by atoms with Crippen LogP contribution in [-0.4, -0.2) is 85.6 Å². The summed E-state index contributed by atoms with van der Waals surface area (Å²) >= 11 is 0. The molecule has 0 saturated carbocycles. The third kappa shape index (κ3) is 9.29. The van der Waals surface area contributed by atoms with Crippen molar-refractivity contribution in [3.8, 4) is 22.9 Å². The molecule has 0 bridgehead atoms. The molecule has 45 heavy (non-hydrogen) atoms. The number of sulfone groups is 1. The number of carbonyl (C=O) groups excluding carboxylic acids is 1. The zero-order valence-electron chi connectivity index (χ0n) is 23.6. The first-order chi connectivity index (χ1) is 20.5. The van der Waals surface area contributed by atoms with E-state index in [1.165, 1.54) is 36.4 Å². The van der Waals surface area contributed by atoms with Crippen LogP contribution in [0.15, 0.2) is 57.9 Å². The normalized spacial score (nSPS) is 15.0. The van der Waals surface area contributed by atoms with Crippen LogP contribution in [0.25, 0.3) is 11.4 Å². The monoisotopic (exact) mass is 680 g/mol. The predicted molar refractivity (Wildman–Crippen MR) is 158 cm³/mol. The maximum absolute atomic E-state index is 13.6. The van der Waals surface area contributed by atoms with Crippen LogP contribution in [0.2, 0.25) is 0 Å². The number of benzene rings is 2. The van der Waals surface area contributed by atoms with Crippen LogP contribution in [0.3, 0.4) is 0 Å². The summed E-state index contributed by atoms with van der Waals surface area (Å²) in [6.45, 7) is 2.02. The van der Waals surface area contributed by atoms with Crippen molar-refractivity contribution >= 4 is 28.2 Å². The quantitative estimate of drug-likeness (QED) is 0.149. The molecule has 1 fully saturated rings. The molecule has 1 aliphatic rings. The number of halogens is 4.